The number of carbonyl (C=O) groups excluding carboxylic acids is 1. The summed E-state index contributed by atoms with van der Waals surface area (Å²) in [6.07, 6.45) is 2.86. The van der Waals surface area contributed by atoms with Gasteiger partial charge in [-0.3, -0.25) is 9.78 Å². The molecule has 1 aromatic carbocycles. The fraction of sp³-hybridized carbons (Fsp3) is 0.211. The van der Waals surface area contributed by atoms with E-state index in [0.29, 0.717) is 18.0 Å². The van der Waals surface area contributed by atoms with Crippen molar-refractivity contribution in [3.8, 4) is 22.1 Å². The average Bonchev–Trinajstić information content (AvgIpc) is 3.07. The number of nitrogens with zero attached hydrogens (tertiary/aromatic N) is 2. The summed E-state index contributed by atoms with van der Waals surface area (Å²) in [5.41, 5.74) is 1.87. The van der Waals surface area contributed by atoms with Crippen LogP contribution in [0.3, 0.4) is 0 Å². The molecular formula is C19H17N3O3S. The number of hydrogen-bond donors (Lipinski definition) is 1. The van der Waals surface area contributed by atoms with Crippen LogP contribution in [0.5, 0.6) is 11.5 Å². The highest BCUT2D eigenvalue weighted by molar-refractivity contribution is 7.15. The number of ether oxygens (including phenoxy) is 2. The predicted octanol–water partition coefficient (Wildman–Crippen LogP) is 2.97. The quantitative estimate of drug-likeness (QED) is 0.767. The van der Waals surface area contributed by atoms with E-state index in [4.69, 9.17) is 9.47 Å². The number of nitrogens with one attached hydrogen (secondary N) is 1. The van der Waals surface area contributed by atoms with Crippen molar-refractivity contribution in [2.24, 2.45) is 0 Å². The van der Waals surface area contributed by atoms with Gasteiger partial charge in [0.25, 0.3) is 5.91 Å². The maximum Gasteiger partial charge on any atom is 0.264 e. The lowest BCUT2D eigenvalue weighted by Gasteiger charge is -2.25. The van der Waals surface area contributed by atoms with E-state index in [1.807, 2.05) is 37.3 Å². The third kappa shape index (κ3) is 3.39. The third-order valence-corrected chi connectivity index (χ3v) is 5.23. The second-order valence-corrected chi connectivity index (χ2v) is 6.93. The van der Waals surface area contributed by atoms with E-state index in [0.717, 1.165) is 21.1 Å². The number of para-hydroxylation sites is 2. The maximum absolute atomic E-state index is 12.4. The van der Waals surface area contributed by atoms with E-state index < -0.39 is 6.10 Å². The zero-order valence-electron chi connectivity index (χ0n) is 14.1. The SMILES string of the molecule is Cc1nc(-c2cccnc2)sc1CNC(=O)C1COc2ccccc2O1. The lowest BCUT2D eigenvalue weighted by Crippen LogP contribution is -2.43. The fourth-order valence-corrected chi connectivity index (χ4v) is 3.63. The average molecular weight is 367 g/mol. The normalized spacial score (nSPS) is 15.5. The van der Waals surface area contributed by atoms with Gasteiger partial charge in [0.1, 0.15) is 11.6 Å². The van der Waals surface area contributed by atoms with Gasteiger partial charge in [0.05, 0.1) is 12.2 Å². The zero-order chi connectivity index (χ0) is 17.9. The first-order valence-corrected chi connectivity index (χ1v) is 9.05. The number of aromatic nitrogens is 2. The van der Waals surface area contributed by atoms with Gasteiger partial charge in [-0.25, -0.2) is 4.98 Å². The Bertz CT molecular complexity index is 927. The first-order chi connectivity index (χ1) is 12.7. The fourth-order valence-electron chi connectivity index (χ4n) is 2.63. The molecule has 0 aliphatic carbocycles. The summed E-state index contributed by atoms with van der Waals surface area (Å²) in [4.78, 5) is 22.1. The van der Waals surface area contributed by atoms with E-state index in [-0.39, 0.29) is 12.5 Å². The molecule has 6 nitrogen and oxygen atoms in total. The summed E-state index contributed by atoms with van der Waals surface area (Å²) in [5.74, 6) is 1.05. The molecule has 3 heterocycles. The molecule has 0 spiro atoms. The van der Waals surface area contributed by atoms with E-state index in [1.165, 1.54) is 0 Å². The van der Waals surface area contributed by atoms with Crippen molar-refractivity contribution < 1.29 is 14.3 Å². The highest BCUT2D eigenvalue weighted by atomic mass is 32.1. The van der Waals surface area contributed by atoms with Crippen LogP contribution in [0.2, 0.25) is 0 Å². The van der Waals surface area contributed by atoms with E-state index in [1.54, 1.807) is 29.8 Å². The number of hydrogen-bond acceptors (Lipinski definition) is 6. The molecular weight excluding hydrogens is 350 g/mol. The minimum absolute atomic E-state index is 0.199. The molecule has 1 aliphatic rings. The van der Waals surface area contributed by atoms with Crippen LogP contribution in [0.25, 0.3) is 10.6 Å². The Kier molecular flexibility index (Phi) is 4.53. The molecule has 1 unspecified atom stereocenters. The number of aryl methyl sites for hydroxylation is 1. The van der Waals surface area contributed by atoms with Gasteiger partial charge in [-0.15, -0.1) is 11.3 Å². The van der Waals surface area contributed by atoms with E-state index in [2.05, 4.69) is 15.3 Å². The number of thiazole rings is 1. The maximum atomic E-state index is 12.4. The van der Waals surface area contributed by atoms with Gasteiger partial charge in [0.15, 0.2) is 11.5 Å². The number of benzene rings is 1. The molecule has 26 heavy (non-hydrogen) atoms. The molecule has 4 rings (SSSR count). The summed E-state index contributed by atoms with van der Waals surface area (Å²) < 4.78 is 11.3. The zero-order valence-corrected chi connectivity index (χ0v) is 15.0. The molecule has 0 radical (unpaired) electrons. The minimum atomic E-state index is -0.657. The second kappa shape index (κ2) is 7.13. The molecule has 1 N–H and O–H groups in total. The number of fused-ring (bicyclic) bond motifs is 1. The molecule has 1 amide bonds. The van der Waals surface area contributed by atoms with Gasteiger partial charge in [-0.2, -0.15) is 0 Å². The molecule has 0 saturated carbocycles. The van der Waals surface area contributed by atoms with E-state index in [9.17, 15) is 4.79 Å². The van der Waals surface area contributed by atoms with Crippen molar-refractivity contribution in [2.75, 3.05) is 6.61 Å². The van der Waals surface area contributed by atoms with E-state index >= 15 is 0 Å². The predicted molar refractivity (Wildman–Crippen MR) is 98.3 cm³/mol. The Balaban J connectivity index is 1.40. The summed E-state index contributed by atoms with van der Waals surface area (Å²) in [6, 6.07) is 11.2. The Labute approximate surface area is 154 Å². The smallest absolute Gasteiger partial charge is 0.264 e. The van der Waals surface area contributed by atoms with Gasteiger partial charge in [0.2, 0.25) is 6.10 Å². The number of amides is 1. The van der Waals surface area contributed by atoms with Crippen molar-refractivity contribution in [3.05, 3.63) is 59.4 Å². The van der Waals surface area contributed by atoms with Gasteiger partial charge in [0, 0.05) is 22.8 Å². The molecule has 0 saturated heterocycles. The summed E-state index contributed by atoms with van der Waals surface area (Å²) >= 11 is 1.55. The Morgan fingerprint density at radius 1 is 1.27 bits per heavy atom. The van der Waals surface area contributed by atoms with Crippen molar-refractivity contribution in [3.63, 3.8) is 0 Å². The highest BCUT2D eigenvalue weighted by Crippen LogP contribution is 2.31. The Morgan fingerprint density at radius 2 is 2.12 bits per heavy atom. The van der Waals surface area contributed by atoms with Crippen LogP contribution in [-0.4, -0.2) is 28.6 Å². The van der Waals surface area contributed by atoms with Crippen molar-refractivity contribution in [1.82, 2.24) is 15.3 Å². The lowest BCUT2D eigenvalue weighted by molar-refractivity contribution is -0.130. The number of rotatable bonds is 4. The molecule has 0 bridgehead atoms. The largest absolute Gasteiger partial charge is 0.485 e. The molecule has 7 heteroatoms. The summed E-state index contributed by atoms with van der Waals surface area (Å²) in [6.45, 7) is 2.55. The molecule has 1 aliphatic heterocycles. The molecule has 132 valence electrons. The highest BCUT2D eigenvalue weighted by Gasteiger charge is 2.27. The summed E-state index contributed by atoms with van der Waals surface area (Å²) in [7, 11) is 0. The first-order valence-electron chi connectivity index (χ1n) is 8.23. The van der Waals surface area contributed by atoms with Gasteiger partial charge < -0.3 is 14.8 Å². The standard InChI is InChI=1S/C19H17N3O3S/c1-12-17(26-19(22-12)13-5-4-8-20-9-13)10-21-18(23)16-11-24-14-6-2-3-7-15(14)25-16/h2-9,16H,10-11H2,1H3,(H,21,23). The van der Waals surface area contributed by atoms with Crippen LogP contribution in [0.1, 0.15) is 10.6 Å². The number of pyridine rings is 1. The van der Waals surface area contributed by atoms with Crippen LogP contribution in [-0.2, 0) is 11.3 Å². The lowest BCUT2D eigenvalue weighted by atomic mass is 10.2. The Hall–Kier alpha value is -2.93. The first kappa shape index (κ1) is 16.5. The molecule has 1 atom stereocenters. The van der Waals surface area contributed by atoms with Crippen LogP contribution in [0, 0.1) is 6.92 Å². The Morgan fingerprint density at radius 3 is 2.92 bits per heavy atom. The molecule has 0 fully saturated rings. The topological polar surface area (TPSA) is 73.3 Å². The number of carbonyl (C=O) groups is 1. The van der Waals surface area contributed by atoms with Crippen LogP contribution < -0.4 is 14.8 Å². The van der Waals surface area contributed by atoms with Crippen molar-refractivity contribution in [2.45, 2.75) is 19.6 Å². The minimum Gasteiger partial charge on any atom is -0.485 e. The van der Waals surface area contributed by atoms with Crippen LogP contribution in [0.15, 0.2) is 48.8 Å². The van der Waals surface area contributed by atoms with Gasteiger partial charge in [-0.05, 0) is 31.2 Å². The monoisotopic (exact) mass is 367 g/mol. The van der Waals surface area contributed by atoms with Crippen LogP contribution in [0.4, 0.5) is 0 Å². The van der Waals surface area contributed by atoms with Crippen LogP contribution >= 0.6 is 11.3 Å². The second-order valence-electron chi connectivity index (χ2n) is 5.85. The van der Waals surface area contributed by atoms with Crippen molar-refractivity contribution >= 4 is 17.2 Å². The summed E-state index contributed by atoms with van der Waals surface area (Å²) in [5, 5.41) is 3.81. The third-order valence-electron chi connectivity index (χ3n) is 4.03. The van der Waals surface area contributed by atoms with Crippen molar-refractivity contribution in [1.29, 1.82) is 0 Å². The van der Waals surface area contributed by atoms with Gasteiger partial charge >= 0.3 is 0 Å². The molecule has 2 aromatic heterocycles. The van der Waals surface area contributed by atoms with Gasteiger partial charge in [-0.1, -0.05) is 12.1 Å². The molecule has 3 aromatic rings.